The van der Waals surface area contributed by atoms with Gasteiger partial charge in [-0.25, -0.2) is 14.0 Å². The molecule has 3 aliphatic carbocycles. The maximum atomic E-state index is 14.6. The molecule has 56 heavy (non-hydrogen) atoms. The minimum absolute atomic E-state index is 0.0775. The predicted molar refractivity (Wildman–Crippen MR) is 213 cm³/mol. The third-order valence-corrected chi connectivity index (χ3v) is 11.5. The molecule has 3 aromatic rings. The Bertz CT molecular complexity index is 2090. The topological polar surface area (TPSA) is 157 Å². The van der Waals surface area contributed by atoms with E-state index in [1.165, 1.54) is 10.8 Å². The van der Waals surface area contributed by atoms with Crippen LogP contribution in [-0.2, 0) is 27.3 Å². The van der Waals surface area contributed by atoms with Gasteiger partial charge in [-0.3, -0.25) is 0 Å². The zero-order valence-electron chi connectivity index (χ0n) is 32.9. The number of nitrogens with zero attached hydrogens (tertiary/aromatic N) is 4. The Labute approximate surface area is 333 Å². The molecular weight excluding hydrogens is 782 g/mol. The van der Waals surface area contributed by atoms with Crippen molar-refractivity contribution in [3.8, 4) is 4.97 Å². The van der Waals surface area contributed by atoms with Crippen molar-refractivity contribution >= 4 is 60.1 Å². The SMILES string of the molecule is CC(C)(C)OC(=O)N(Cc1cc2ccc(CN3C=C(c4cc([Se]C#N)cc(NC5CCCCO5)c4C=N)NN3)cc2n1C(=O)OC(C)(C)C)CC12CC(F)(C1)C2. The summed E-state index contributed by atoms with van der Waals surface area (Å²) in [6.07, 6.45) is 6.22. The molecule has 4 fully saturated rings. The molecule has 1 aromatic heterocycles. The predicted octanol–water partition coefficient (Wildman–Crippen LogP) is 6.62. The van der Waals surface area contributed by atoms with E-state index < -0.39 is 44.0 Å². The van der Waals surface area contributed by atoms with Crippen molar-refractivity contribution in [2.75, 3.05) is 18.5 Å². The summed E-state index contributed by atoms with van der Waals surface area (Å²) in [5.74, 6) is 0. The van der Waals surface area contributed by atoms with Crippen LogP contribution in [0.5, 0.6) is 0 Å². The Morgan fingerprint density at radius 2 is 1.88 bits per heavy atom. The summed E-state index contributed by atoms with van der Waals surface area (Å²) in [5, 5.41) is 24.0. The molecule has 3 saturated carbocycles. The number of halogens is 1. The maximum absolute atomic E-state index is 14.6. The quantitative estimate of drug-likeness (QED) is 0.122. The van der Waals surface area contributed by atoms with Crippen LogP contribution in [0.3, 0.4) is 0 Å². The first-order chi connectivity index (χ1) is 26.4. The third-order valence-electron chi connectivity index (χ3n) is 10.3. The van der Waals surface area contributed by atoms with Gasteiger partial charge in [-0.15, -0.1) is 0 Å². The second-order valence-electron chi connectivity index (χ2n) is 17.5. The molecule has 1 unspecified atom stereocenters. The van der Waals surface area contributed by atoms with Gasteiger partial charge in [0.15, 0.2) is 0 Å². The summed E-state index contributed by atoms with van der Waals surface area (Å²) in [4.78, 5) is 31.5. The molecule has 13 nitrogen and oxygen atoms in total. The van der Waals surface area contributed by atoms with E-state index in [1.807, 2.05) is 89.1 Å². The second-order valence-corrected chi connectivity index (χ2v) is 19.3. The average Bonchev–Trinajstić information content (AvgIpc) is 3.69. The fourth-order valence-corrected chi connectivity index (χ4v) is 9.18. The number of ether oxygens (including phenoxy) is 3. The molecule has 5 aliphatic rings. The number of benzene rings is 2. The van der Waals surface area contributed by atoms with Crippen LogP contribution < -0.4 is 20.7 Å². The number of anilines is 1. The van der Waals surface area contributed by atoms with Gasteiger partial charge in [0.25, 0.3) is 0 Å². The Kier molecular flexibility index (Phi) is 10.6. The van der Waals surface area contributed by atoms with Crippen molar-refractivity contribution in [2.45, 2.75) is 116 Å². The summed E-state index contributed by atoms with van der Waals surface area (Å²) >= 11 is -0.416. The standard InChI is InChI=1S/C41H51FN8O5Se/c1-38(2,3)54-36(51)48(24-40-21-41(42,22-40)23-40)19-28-14-27-11-10-26(13-34(27)50(28)37(52)55-39(4,5)6)18-49-20-33(46-47-49)30-15-29(56-25-44)16-32(31(30)17-43)45-35-9-7-8-12-53-35/h10-11,13-17,20,35,43,45-47H,7-9,12,18-19,21-24H2,1-6H3. The van der Waals surface area contributed by atoms with Crippen LogP contribution >= 0.6 is 0 Å². The molecule has 2 bridgehead atoms. The van der Waals surface area contributed by atoms with Crippen molar-refractivity contribution < 1.29 is 28.2 Å². The van der Waals surface area contributed by atoms with Crippen LogP contribution in [-0.4, -0.2) is 84.1 Å². The number of carbonyl (C=O) groups excluding carboxylic acids is 2. The number of hydrogen-bond acceptors (Lipinski definition) is 11. The van der Waals surface area contributed by atoms with Crippen molar-refractivity contribution in [3.05, 3.63) is 65.0 Å². The zero-order valence-corrected chi connectivity index (χ0v) is 34.6. The van der Waals surface area contributed by atoms with Crippen molar-refractivity contribution in [1.29, 1.82) is 10.7 Å². The summed E-state index contributed by atoms with van der Waals surface area (Å²) in [6.45, 7) is 12.4. The molecule has 1 saturated heterocycles. The van der Waals surface area contributed by atoms with Gasteiger partial charge in [0.2, 0.25) is 0 Å². The van der Waals surface area contributed by atoms with E-state index in [2.05, 4.69) is 21.2 Å². The van der Waals surface area contributed by atoms with E-state index in [9.17, 15) is 19.2 Å². The number of alkyl halides is 1. The Morgan fingerprint density at radius 3 is 2.52 bits per heavy atom. The van der Waals surface area contributed by atoms with E-state index in [0.29, 0.717) is 55.7 Å². The fraction of sp³-hybridized carbons (Fsp3) is 0.512. The van der Waals surface area contributed by atoms with Crippen LogP contribution in [0, 0.1) is 21.1 Å². The number of nitrogens with one attached hydrogen (secondary N) is 4. The summed E-state index contributed by atoms with van der Waals surface area (Å²) in [6, 6.07) is 11.7. The summed E-state index contributed by atoms with van der Waals surface area (Å²) in [7, 11) is 0. The number of aromatic nitrogens is 1. The monoisotopic (exact) mass is 834 g/mol. The smallest absolute Gasteiger partial charge is 0.443 e. The number of carbonyl (C=O) groups is 2. The first-order valence-corrected chi connectivity index (χ1v) is 20.8. The van der Waals surface area contributed by atoms with Gasteiger partial charge in [-0.1, -0.05) is 0 Å². The molecule has 2 aromatic carbocycles. The van der Waals surface area contributed by atoms with Gasteiger partial charge in [0.05, 0.1) is 6.54 Å². The number of amides is 1. The molecule has 0 radical (unpaired) electrons. The van der Waals surface area contributed by atoms with E-state index in [0.717, 1.165) is 51.6 Å². The van der Waals surface area contributed by atoms with Crippen LogP contribution in [0.2, 0.25) is 0 Å². The van der Waals surface area contributed by atoms with Crippen LogP contribution in [0.1, 0.15) is 102 Å². The Balaban J connectivity index is 1.17. The molecule has 4 N–H and O–H groups in total. The fourth-order valence-electron chi connectivity index (χ4n) is 8.22. The zero-order chi connectivity index (χ0) is 40.0. The van der Waals surface area contributed by atoms with Gasteiger partial charge in [-0.05, 0) is 66.2 Å². The second kappa shape index (κ2) is 15.0. The molecule has 8 rings (SSSR count). The van der Waals surface area contributed by atoms with Crippen LogP contribution in [0.15, 0.2) is 42.6 Å². The molecule has 3 heterocycles. The third kappa shape index (κ3) is 8.69. The van der Waals surface area contributed by atoms with E-state index in [-0.39, 0.29) is 18.2 Å². The minimum atomic E-state index is -1.12. The number of hydrogen-bond donors (Lipinski definition) is 4. The number of hydrazine groups is 2. The van der Waals surface area contributed by atoms with Gasteiger partial charge in [-0.2, -0.15) is 0 Å². The average molecular weight is 834 g/mol. The minimum Gasteiger partial charge on any atom is -0.443 e. The van der Waals surface area contributed by atoms with Gasteiger partial charge in [0.1, 0.15) is 16.9 Å². The summed E-state index contributed by atoms with van der Waals surface area (Å²) in [5.41, 5.74) is 8.55. The molecule has 1 atom stereocenters. The first kappa shape index (κ1) is 39.6. The van der Waals surface area contributed by atoms with Crippen molar-refractivity contribution in [3.63, 3.8) is 0 Å². The van der Waals surface area contributed by atoms with Crippen molar-refractivity contribution in [1.82, 2.24) is 25.4 Å². The van der Waals surface area contributed by atoms with E-state index >= 15 is 0 Å². The normalized spacial score (nSPS) is 22.9. The summed E-state index contributed by atoms with van der Waals surface area (Å²) < 4.78 is 34.6. The number of nitriles is 1. The van der Waals surface area contributed by atoms with E-state index in [4.69, 9.17) is 19.6 Å². The number of fused-ring (bicyclic) bond motifs is 1. The molecule has 0 spiro atoms. The number of rotatable bonds is 11. The molecule has 1 amide bonds. The van der Waals surface area contributed by atoms with Crippen LogP contribution in [0.4, 0.5) is 19.7 Å². The van der Waals surface area contributed by atoms with Gasteiger partial charge < -0.3 is 14.4 Å². The molecule has 15 heteroatoms. The van der Waals surface area contributed by atoms with Crippen molar-refractivity contribution in [2.24, 2.45) is 5.41 Å². The van der Waals surface area contributed by atoms with Gasteiger partial charge in [0, 0.05) is 6.54 Å². The van der Waals surface area contributed by atoms with Gasteiger partial charge >= 0.3 is 210 Å². The van der Waals surface area contributed by atoms with E-state index in [1.54, 1.807) is 4.90 Å². The molecule has 2 aliphatic heterocycles. The Hall–Kier alpha value is -4.61. The Morgan fingerprint density at radius 1 is 1.12 bits per heavy atom. The molecule has 298 valence electrons. The molecular formula is C41H51FN8O5Se. The first-order valence-electron chi connectivity index (χ1n) is 19.1. The van der Waals surface area contributed by atoms with Crippen LogP contribution in [0.25, 0.3) is 16.6 Å².